The fraction of sp³-hybridized carbons (Fsp3) is 0. The average Bonchev–Trinajstić information content (AvgIpc) is 0.544. The normalized spacial score (nSPS) is 7.00. The Balaban J connectivity index is 0. The van der Waals surface area contributed by atoms with Crippen molar-refractivity contribution in [1.82, 2.24) is 0 Å². The molecule has 50 valence electrons. The van der Waals surface area contributed by atoms with Crippen LogP contribution in [-0.4, -0.2) is 0 Å². The number of hydrogen-bond acceptors (Lipinski definition) is 7. The summed E-state index contributed by atoms with van der Waals surface area (Å²) in [6.07, 6.45) is 0. The molecule has 0 spiro atoms. The summed E-state index contributed by atoms with van der Waals surface area (Å²) in [4.78, 5) is 0. The molecule has 0 aromatic heterocycles. The van der Waals surface area contributed by atoms with Crippen LogP contribution in [0.2, 0.25) is 0 Å². The molecule has 0 rings (SSSR count). The van der Waals surface area contributed by atoms with Crippen LogP contribution in [0.15, 0.2) is 0 Å². The predicted octanol–water partition coefficient (Wildman–Crippen LogP) is -0.832. The van der Waals surface area contributed by atoms with Crippen molar-refractivity contribution in [1.29, 1.82) is 0 Å². The van der Waals surface area contributed by atoms with Crippen LogP contribution >= 0.6 is 0 Å². The first-order chi connectivity index (χ1) is 2.65. The van der Waals surface area contributed by atoms with E-state index in [9.17, 15) is 0 Å². The zero-order valence-electron chi connectivity index (χ0n) is 3.86. The molecule has 9 heteroatoms. The van der Waals surface area contributed by atoms with E-state index in [0.29, 0.717) is 0 Å². The molecule has 7 nitrogen and oxygen atoms in total. The summed E-state index contributed by atoms with van der Waals surface area (Å²) in [6.45, 7) is 0. The zero-order valence-corrected chi connectivity index (χ0v) is 10.1. The monoisotopic (exact) mass is 392 g/mol. The van der Waals surface area contributed by atoms with Crippen LogP contribution < -0.4 is 0 Å². The molecule has 0 radical (unpaired) electrons. The third kappa shape index (κ3) is 276. The van der Waals surface area contributed by atoms with Gasteiger partial charge in [0.1, 0.15) is 0 Å². The van der Waals surface area contributed by atoms with E-state index in [0.717, 1.165) is 0 Å². The summed E-state index contributed by atoms with van der Waals surface area (Å²) in [5.41, 5.74) is 0. The molecule has 0 saturated carbocycles. The molecule has 9 heavy (non-hydrogen) atoms. The van der Waals surface area contributed by atoms with Crippen LogP contribution in [-0.2, 0) is 6.57 Å². The number of hydrogen-bond donors (Lipinski definition) is 0. The van der Waals surface area contributed by atoms with Crippen LogP contribution in [0, 0.1) is 69.7 Å². The van der Waals surface area contributed by atoms with Gasteiger partial charge in [-0.15, -0.1) is 0 Å². The van der Waals surface area contributed by atoms with Gasteiger partial charge in [-0.2, -0.15) is 0 Å². The second-order valence-corrected chi connectivity index (χ2v) is 12.7. The minimum atomic E-state index is -11.7. The van der Waals surface area contributed by atoms with Crippen LogP contribution in [0.4, 0.5) is 0 Å². The van der Waals surface area contributed by atoms with Crippen molar-refractivity contribution in [2.75, 3.05) is 0 Å². The van der Waals surface area contributed by atoms with Crippen molar-refractivity contribution in [2.24, 2.45) is 0 Å². The van der Waals surface area contributed by atoms with E-state index in [4.69, 9.17) is 6.57 Å². The third-order valence-electron chi connectivity index (χ3n) is 0. The van der Waals surface area contributed by atoms with Crippen molar-refractivity contribution < 1.29 is 76.2 Å². The van der Waals surface area contributed by atoms with Gasteiger partial charge in [0.25, 0.3) is 0 Å². The fourth-order valence-electron chi connectivity index (χ4n) is 0. The summed E-state index contributed by atoms with van der Waals surface area (Å²) in [6, 6.07) is 0. The van der Waals surface area contributed by atoms with E-state index < -0.39 is 27.9 Å². The Morgan fingerprint density at radius 1 is 0.556 bits per heavy atom. The molecule has 0 aliphatic carbocycles. The first-order valence-corrected chi connectivity index (χ1v) is 10.4. The van der Waals surface area contributed by atoms with Crippen molar-refractivity contribution in [2.45, 2.75) is 0 Å². The first kappa shape index (κ1) is 13.0. The zero-order chi connectivity index (χ0) is 7.38. The quantitative estimate of drug-likeness (QED) is 0.528. The van der Waals surface area contributed by atoms with Gasteiger partial charge in [0, 0.05) is 41.7 Å². The minimum absolute atomic E-state index is 0. The van der Waals surface area contributed by atoms with E-state index in [1.165, 1.54) is 0 Å². The topological polar surface area (TPSA) is 119 Å². The molecule has 0 heterocycles. The molecule has 0 saturated heterocycles. The summed E-state index contributed by atoms with van der Waals surface area (Å²) in [5, 5.41) is 0. The molecule has 0 aromatic carbocycles. The molecule has 0 aliphatic rings. The van der Waals surface area contributed by atoms with Gasteiger partial charge in [-0.25, -0.2) is 0 Å². The van der Waals surface area contributed by atoms with E-state index in [1.807, 2.05) is 0 Å². The maximum atomic E-state index is 8.70. The van der Waals surface area contributed by atoms with E-state index in [-0.39, 0.29) is 41.7 Å². The second kappa shape index (κ2) is 1.31. The van der Waals surface area contributed by atoms with Crippen LogP contribution in [0.25, 0.3) is 0 Å². The molecular weight excluding hydrogens is 392 g/mol. The fourth-order valence-corrected chi connectivity index (χ4v) is 0. The Morgan fingerprint density at radius 2 is 0.556 bits per heavy atom. The molecule has 0 N–H and O–H groups in total. The average molecular weight is 392 g/mol. The Hall–Kier alpha value is 1.35. The van der Waals surface area contributed by atoms with Gasteiger partial charge in [-0.3, -0.25) is 0 Å². The SMILES string of the molecule is [Ce].[O]=[Ce](=[O])(=[O])(=[O])(=[O])(=[O])=[O]. The Bertz CT molecular complexity index is 635. The maximum absolute atomic E-state index is 11.7. The molecular formula is Ce2O7. The van der Waals surface area contributed by atoms with Crippen molar-refractivity contribution in [3.8, 4) is 0 Å². The predicted molar refractivity (Wildman–Crippen MR) is 4.81 cm³/mol. The van der Waals surface area contributed by atoms with E-state index in [1.54, 1.807) is 0 Å². The summed E-state index contributed by atoms with van der Waals surface area (Å²) >= 11 is -11.7. The summed E-state index contributed by atoms with van der Waals surface area (Å²) < 4.78 is 60.9. The number of rotatable bonds is 0. The Morgan fingerprint density at radius 3 is 0.556 bits per heavy atom. The molecule has 0 unspecified atom stereocenters. The van der Waals surface area contributed by atoms with Gasteiger partial charge in [0.2, 0.25) is 0 Å². The standard InChI is InChI=1S/2Ce.7O. The van der Waals surface area contributed by atoms with Crippen molar-refractivity contribution >= 4 is 0 Å². The van der Waals surface area contributed by atoms with Gasteiger partial charge in [-0.1, -0.05) is 0 Å². The molecule has 0 bridgehead atoms. The van der Waals surface area contributed by atoms with Gasteiger partial charge < -0.3 is 0 Å². The van der Waals surface area contributed by atoms with Gasteiger partial charge in [0.05, 0.1) is 0 Å². The van der Waals surface area contributed by atoms with E-state index >= 15 is 0 Å². The van der Waals surface area contributed by atoms with Gasteiger partial charge in [-0.05, 0) is 0 Å². The molecule has 0 aliphatic heterocycles. The van der Waals surface area contributed by atoms with Crippen LogP contribution in [0.3, 0.4) is 0 Å². The molecule has 0 amide bonds. The van der Waals surface area contributed by atoms with Gasteiger partial charge >= 0.3 is 34.5 Å². The second-order valence-electron chi connectivity index (χ2n) is 1.75. The summed E-state index contributed by atoms with van der Waals surface area (Å²) in [5.74, 6) is 0. The van der Waals surface area contributed by atoms with E-state index in [2.05, 4.69) is 0 Å². The van der Waals surface area contributed by atoms with Crippen molar-refractivity contribution in [3.05, 3.63) is 0 Å². The first-order valence-electron chi connectivity index (χ1n) is 1.43. The van der Waals surface area contributed by atoms with Crippen LogP contribution in [0.5, 0.6) is 0 Å². The summed E-state index contributed by atoms with van der Waals surface area (Å²) in [7, 11) is 0. The van der Waals surface area contributed by atoms with Gasteiger partial charge in [0.15, 0.2) is 0 Å². The van der Waals surface area contributed by atoms with Crippen molar-refractivity contribution in [3.63, 3.8) is 0 Å². The molecule has 0 aromatic rings. The molecule has 0 fully saturated rings. The molecule has 0 atom stereocenters. The van der Waals surface area contributed by atoms with Crippen LogP contribution in [0.1, 0.15) is 0 Å². The third-order valence-corrected chi connectivity index (χ3v) is 0. The Kier molecular flexibility index (Phi) is 1.88. The Labute approximate surface area is 73.9 Å².